The largest absolute Gasteiger partial charge is 0.354 e. The molecular formula is C19H30N2O2. The van der Waals surface area contributed by atoms with Gasteiger partial charge in [-0.25, -0.2) is 0 Å². The molecule has 23 heavy (non-hydrogen) atoms. The molecule has 1 aromatic carbocycles. The Bertz CT molecular complexity index is 497. The van der Waals surface area contributed by atoms with Crippen LogP contribution in [-0.2, 0) is 16.1 Å². The monoisotopic (exact) mass is 318 g/mol. The second kappa shape index (κ2) is 9.33. The molecule has 4 heteroatoms. The standard InChI is InChI=1S/C19H30N2O2/c1-14(2)11-12-20-18(22)16(5)21(19(23)15(3)4)13-17-9-7-6-8-10-17/h6-10,14-16H,11-13H2,1-5H3,(H,20,22)/t16-/m0/s1. The molecule has 0 aliphatic heterocycles. The first-order chi connectivity index (χ1) is 10.8. The van der Waals surface area contributed by atoms with Crippen LogP contribution in [0.5, 0.6) is 0 Å². The molecule has 0 aromatic heterocycles. The predicted molar refractivity (Wildman–Crippen MR) is 93.8 cm³/mol. The molecule has 1 atom stereocenters. The second-order valence-electron chi connectivity index (χ2n) is 6.76. The average molecular weight is 318 g/mol. The molecule has 128 valence electrons. The van der Waals surface area contributed by atoms with Gasteiger partial charge in [-0.3, -0.25) is 9.59 Å². The second-order valence-corrected chi connectivity index (χ2v) is 6.76. The Morgan fingerprint density at radius 2 is 1.65 bits per heavy atom. The van der Waals surface area contributed by atoms with Gasteiger partial charge < -0.3 is 10.2 Å². The van der Waals surface area contributed by atoms with Crippen molar-refractivity contribution in [2.75, 3.05) is 6.54 Å². The first-order valence-corrected chi connectivity index (χ1v) is 8.45. The maximum absolute atomic E-state index is 12.5. The van der Waals surface area contributed by atoms with E-state index in [2.05, 4.69) is 19.2 Å². The van der Waals surface area contributed by atoms with Crippen molar-refractivity contribution in [1.82, 2.24) is 10.2 Å². The van der Waals surface area contributed by atoms with Gasteiger partial charge >= 0.3 is 0 Å². The highest BCUT2D eigenvalue weighted by Crippen LogP contribution is 2.13. The number of amides is 2. The highest BCUT2D eigenvalue weighted by Gasteiger charge is 2.27. The first-order valence-electron chi connectivity index (χ1n) is 8.45. The predicted octanol–water partition coefficient (Wildman–Crippen LogP) is 3.22. The molecule has 2 amide bonds. The maximum atomic E-state index is 12.5. The van der Waals surface area contributed by atoms with Crippen molar-refractivity contribution < 1.29 is 9.59 Å². The van der Waals surface area contributed by atoms with Crippen molar-refractivity contribution in [2.45, 2.75) is 53.6 Å². The number of nitrogens with zero attached hydrogens (tertiary/aromatic N) is 1. The fourth-order valence-corrected chi connectivity index (χ4v) is 2.29. The van der Waals surface area contributed by atoms with E-state index in [0.29, 0.717) is 19.0 Å². The van der Waals surface area contributed by atoms with E-state index >= 15 is 0 Å². The average Bonchev–Trinajstić information content (AvgIpc) is 2.51. The van der Waals surface area contributed by atoms with Crippen LogP contribution in [0.3, 0.4) is 0 Å². The molecule has 0 unspecified atom stereocenters. The Hall–Kier alpha value is -1.84. The van der Waals surface area contributed by atoms with Crippen LogP contribution >= 0.6 is 0 Å². The molecule has 1 aromatic rings. The smallest absolute Gasteiger partial charge is 0.242 e. The van der Waals surface area contributed by atoms with Crippen LogP contribution < -0.4 is 5.32 Å². The van der Waals surface area contributed by atoms with Crippen LogP contribution in [-0.4, -0.2) is 29.3 Å². The molecule has 0 bridgehead atoms. The Balaban J connectivity index is 2.78. The van der Waals surface area contributed by atoms with Gasteiger partial charge in [0.25, 0.3) is 0 Å². The lowest BCUT2D eigenvalue weighted by atomic mass is 10.1. The zero-order chi connectivity index (χ0) is 17.4. The molecule has 0 aliphatic rings. The molecule has 1 N–H and O–H groups in total. The normalized spacial score (nSPS) is 12.3. The van der Waals surface area contributed by atoms with E-state index in [9.17, 15) is 9.59 Å². The van der Waals surface area contributed by atoms with E-state index in [0.717, 1.165) is 12.0 Å². The number of rotatable bonds is 8. The number of nitrogens with one attached hydrogen (secondary N) is 1. The third-order valence-electron chi connectivity index (χ3n) is 3.84. The van der Waals surface area contributed by atoms with Crippen molar-refractivity contribution in [1.29, 1.82) is 0 Å². The van der Waals surface area contributed by atoms with E-state index < -0.39 is 6.04 Å². The zero-order valence-electron chi connectivity index (χ0n) is 15.0. The molecule has 1 rings (SSSR count). The summed E-state index contributed by atoms with van der Waals surface area (Å²) in [6.45, 7) is 10.9. The highest BCUT2D eigenvalue weighted by atomic mass is 16.2. The summed E-state index contributed by atoms with van der Waals surface area (Å²) in [6, 6.07) is 9.31. The van der Waals surface area contributed by atoms with Gasteiger partial charge in [0.2, 0.25) is 11.8 Å². The quantitative estimate of drug-likeness (QED) is 0.800. The lowest BCUT2D eigenvalue weighted by molar-refractivity contribution is -0.143. The minimum Gasteiger partial charge on any atom is -0.354 e. The Morgan fingerprint density at radius 1 is 1.04 bits per heavy atom. The van der Waals surface area contributed by atoms with Crippen molar-refractivity contribution in [3.8, 4) is 0 Å². The molecule has 0 fully saturated rings. The van der Waals surface area contributed by atoms with Crippen molar-refractivity contribution in [2.24, 2.45) is 11.8 Å². The van der Waals surface area contributed by atoms with Gasteiger partial charge in [0.15, 0.2) is 0 Å². The van der Waals surface area contributed by atoms with Crippen LogP contribution in [0.25, 0.3) is 0 Å². The van der Waals surface area contributed by atoms with Crippen LogP contribution in [0, 0.1) is 11.8 Å². The molecule has 0 aliphatic carbocycles. The molecule has 0 saturated heterocycles. The van der Waals surface area contributed by atoms with Gasteiger partial charge in [0.1, 0.15) is 6.04 Å². The summed E-state index contributed by atoms with van der Waals surface area (Å²) >= 11 is 0. The van der Waals surface area contributed by atoms with Crippen LogP contribution in [0.15, 0.2) is 30.3 Å². The summed E-state index contributed by atoms with van der Waals surface area (Å²) < 4.78 is 0. The number of hydrogen-bond donors (Lipinski definition) is 1. The first kappa shape index (κ1) is 19.2. The van der Waals surface area contributed by atoms with Gasteiger partial charge in [-0.1, -0.05) is 58.0 Å². The number of hydrogen-bond acceptors (Lipinski definition) is 2. The Labute approximate surface area is 140 Å². The summed E-state index contributed by atoms with van der Waals surface area (Å²) in [5.41, 5.74) is 1.03. The van der Waals surface area contributed by atoms with Crippen LogP contribution in [0.4, 0.5) is 0 Å². The van der Waals surface area contributed by atoms with Crippen molar-refractivity contribution in [3.05, 3.63) is 35.9 Å². The van der Waals surface area contributed by atoms with E-state index in [4.69, 9.17) is 0 Å². The van der Waals surface area contributed by atoms with E-state index in [1.54, 1.807) is 11.8 Å². The lowest BCUT2D eigenvalue weighted by Gasteiger charge is -2.30. The number of carbonyl (C=O) groups excluding carboxylic acids is 2. The third-order valence-corrected chi connectivity index (χ3v) is 3.84. The molecule has 0 saturated carbocycles. The Morgan fingerprint density at radius 3 is 2.17 bits per heavy atom. The van der Waals surface area contributed by atoms with Gasteiger partial charge in [-0.2, -0.15) is 0 Å². The zero-order valence-corrected chi connectivity index (χ0v) is 15.0. The molecule has 4 nitrogen and oxygen atoms in total. The minimum atomic E-state index is -0.475. The minimum absolute atomic E-state index is 0.000336. The lowest BCUT2D eigenvalue weighted by Crippen LogP contribution is -2.49. The van der Waals surface area contributed by atoms with Gasteiger partial charge in [0, 0.05) is 19.0 Å². The molecule has 0 radical (unpaired) electrons. The van der Waals surface area contributed by atoms with Crippen LogP contribution in [0.1, 0.15) is 46.6 Å². The van der Waals surface area contributed by atoms with E-state index in [-0.39, 0.29) is 17.7 Å². The fraction of sp³-hybridized carbons (Fsp3) is 0.579. The molecular weight excluding hydrogens is 288 g/mol. The fourth-order valence-electron chi connectivity index (χ4n) is 2.29. The molecule has 0 heterocycles. The summed E-state index contributed by atoms with van der Waals surface area (Å²) in [6.07, 6.45) is 0.940. The maximum Gasteiger partial charge on any atom is 0.242 e. The summed E-state index contributed by atoms with van der Waals surface area (Å²) in [7, 11) is 0. The highest BCUT2D eigenvalue weighted by molar-refractivity contribution is 5.88. The SMILES string of the molecule is CC(C)CCNC(=O)[C@H](C)N(Cc1ccccc1)C(=O)C(C)C. The van der Waals surface area contributed by atoms with Crippen molar-refractivity contribution >= 4 is 11.8 Å². The van der Waals surface area contributed by atoms with Gasteiger partial charge in [-0.05, 0) is 24.8 Å². The summed E-state index contributed by atoms with van der Waals surface area (Å²) in [5, 5.41) is 2.94. The summed E-state index contributed by atoms with van der Waals surface area (Å²) in [4.78, 5) is 26.6. The van der Waals surface area contributed by atoms with Gasteiger partial charge in [-0.15, -0.1) is 0 Å². The Kier molecular flexibility index (Phi) is 7.79. The number of carbonyl (C=O) groups is 2. The topological polar surface area (TPSA) is 49.4 Å². The molecule has 0 spiro atoms. The third kappa shape index (κ3) is 6.43. The van der Waals surface area contributed by atoms with Crippen molar-refractivity contribution in [3.63, 3.8) is 0 Å². The van der Waals surface area contributed by atoms with E-state index in [1.807, 2.05) is 44.2 Å². The number of benzene rings is 1. The van der Waals surface area contributed by atoms with Gasteiger partial charge in [0.05, 0.1) is 0 Å². The van der Waals surface area contributed by atoms with Crippen LogP contribution in [0.2, 0.25) is 0 Å². The van der Waals surface area contributed by atoms with E-state index in [1.165, 1.54) is 0 Å². The summed E-state index contributed by atoms with van der Waals surface area (Å²) in [5.74, 6) is 0.323.